The Hall–Kier alpha value is -1.53. The summed E-state index contributed by atoms with van der Waals surface area (Å²) in [6.07, 6.45) is 7.77. The van der Waals surface area contributed by atoms with Crippen molar-refractivity contribution in [3.8, 4) is 0 Å². The largest absolute Gasteiger partial charge is 0.468 e. The average molecular weight is 363 g/mol. The number of nitrogens with one attached hydrogen (secondary N) is 2. The maximum absolute atomic E-state index is 12.1. The highest BCUT2D eigenvalue weighted by Gasteiger charge is 2.25. The van der Waals surface area contributed by atoms with Crippen LogP contribution in [0.1, 0.15) is 50.8 Å². The van der Waals surface area contributed by atoms with E-state index in [0.717, 1.165) is 44.3 Å². The van der Waals surface area contributed by atoms with E-state index in [1.807, 2.05) is 12.1 Å². The van der Waals surface area contributed by atoms with Gasteiger partial charge in [0.2, 0.25) is 0 Å². The first-order chi connectivity index (χ1) is 12.7. The molecule has 1 unspecified atom stereocenters. The number of hydrogen-bond acceptors (Lipinski definition) is 4. The van der Waals surface area contributed by atoms with E-state index in [2.05, 4.69) is 27.4 Å². The quantitative estimate of drug-likeness (QED) is 0.698. The molecule has 0 saturated carbocycles. The monoisotopic (exact) mass is 362 g/mol. The van der Waals surface area contributed by atoms with Crippen LogP contribution in [0.3, 0.4) is 0 Å². The second-order valence-electron chi connectivity index (χ2n) is 7.79. The van der Waals surface area contributed by atoms with Crippen LogP contribution < -0.4 is 10.6 Å². The van der Waals surface area contributed by atoms with Crippen LogP contribution >= 0.6 is 0 Å². The second-order valence-corrected chi connectivity index (χ2v) is 7.79. The minimum atomic E-state index is -0.0759. The lowest BCUT2D eigenvalue weighted by Crippen LogP contribution is -2.42. The predicted octanol–water partition coefficient (Wildman–Crippen LogP) is 2.84. The highest BCUT2D eigenvalue weighted by molar-refractivity contribution is 5.73. The molecule has 0 radical (unpaired) electrons. The molecule has 1 atom stereocenters. The molecule has 3 rings (SSSR count). The molecule has 0 aliphatic carbocycles. The predicted molar refractivity (Wildman–Crippen MR) is 103 cm³/mol. The summed E-state index contributed by atoms with van der Waals surface area (Å²) < 4.78 is 5.59. The van der Waals surface area contributed by atoms with Crippen molar-refractivity contribution in [2.24, 2.45) is 5.92 Å². The van der Waals surface area contributed by atoms with E-state index >= 15 is 0 Å². The minimum Gasteiger partial charge on any atom is -0.468 e. The molecule has 2 fully saturated rings. The molecule has 6 nitrogen and oxygen atoms in total. The molecule has 0 spiro atoms. The van der Waals surface area contributed by atoms with Crippen molar-refractivity contribution in [3.63, 3.8) is 0 Å². The van der Waals surface area contributed by atoms with E-state index in [1.165, 1.54) is 38.8 Å². The van der Waals surface area contributed by atoms with Gasteiger partial charge in [0, 0.05) is 13.1 Å². The van der Waals surface area contributed by atoms with Gasteiger partial charge in [-0.05, 0) is 82.9 Å². The Balaban J connectivity index is 1.33. The fourth-order valence-electron chi connectivity index (χ4n) is 3.99. The van der Waals surface area contributed by atoms with Gasteiger partial charge in [-0.3, -0.25) is 4.90 Å². The van der Waals surface area contributed by atoms with Crippen LogP contribution in [-0.4, -0.2) is 61.6 Å². The van der Waals surface area contributed by atoms with Crippen molar-refractivity contribution >= 4 is 6.03 Å². The van der Waals surface area contributed by atoms with E-state index in [0.29, 0.717) is 6.54 Å². The summed E-state index contributed by atoms with van der Waals surface area (Å²) in [4.78, 5) is 17.1. The number of urea groups is 1. The first-order valence-electron chi connectivity index (χ1n) is 10.2. The lowest BCUT2D eigenvalue weighted by molar-refractivity contribution is 0.189. The summed E-state index contributed by atoms with van der Waals surface area (Å²) in [7, 11) is 0. The molecule has 0 aromatic carbocycles. The normalized spacial score (nSPS) is 21.0. The van der Waals surface area contributed by atoms with Crippen LogP contribution in [0, 0.1) is 5.92 Å². The number of carbonyl (C=O) groups is 1. The lowest BCUT2D eigenvalue weighted by Gasteiger charge is -2.30. The zero-order valence-electron chi connectivity index (χ0n) is 16.1. The third-order valence-electron chi connectivity index (χ3n) is 5.72. The zero-order chi connectivity index (χ0) is 18.2. The van der Waals surface area contributed by atoms with Crippen LogP contribution in [0.2, 0.25) is 0 Å². The number of carbonyl (C=O) groups excluding carboxylic acids is 1. The maximum atomic E-state index is 12.1. The summed E-state index contributed by atoms with van der Waals surface area (Å²) in [5, 5.41) is 6.02. The Morgan fingerprint density at radius 3 is 2.69 bits per heavy atom. The van der Waals surface area contributed by atoms with E-state index < -0.39 is 0 Å². The van der Waals surface area contributed by atoms with Gasteiger partial charge >= 0.3 is 6.03 Å². The van der Waals surface area contributed by atoms with Crippen molar-refractivity contribution in [1.82, 2.24) is 20.4 Å². The second kappa shape index (κ2) is 9.97. The Bertz CT molecular complexity index is 520. The van der Waals surface area contributed by atoms with Crippen molar-refractivity contribution in [3.05, 3.63) is 24.2 Å². The van der Waals surface area contributed by atoms with Crippen LogP contribution in [0.5, 0.6) is 0 Å². The van der Waals surface area contributed by atoms with Crippen LogP contribution in [0.4, 0.5) is 4.79 Å². The molecule has 6 heteroatoms. The first-order valence-corrected chi connectivity index (χ1v) is 10.2. The van der Waals surface area contributed by atoms with Gasteiger partial charge in [-0.1, -0.05) is 6.92 Å². The number of nitrogens with zero attached hydrogens (tertiary/aromatic N) is 2. The molecule has 0 bridgehead atoms. The van der Waals surface area contributed by atoms with Gasteiger partial charge in [-0.25, -0.2) is 4.79 Å². The number of likely N-dealkylation sites (tertiary alicyclic amines) is 2. The molecule has 2 amide bonds. The highest BCUT2D eigenvalue weighted by Crippen LogP contribution is 2.24. The molecule has 1 aromatic rings. The fraction of sp³-hybridized carbons (Fsp3) is 0.750. The smallest absolute Gasteiger partial charge is 0.314 e. The molecule has 26 heavy (non-hydrogen) atoms. The summed E-state index contributed by atoms with van der Waals surface area (Å²) in [6, 6.07) is 3.98. The number of furan rings is 1. The Morgan fingerprint density at radius 2 is 2.00 bits per heavy atom. The van der Waals surface area contributed by atoms with Gasteiger partial charge in [0.05, 0.1) is 12.3 Å². The van der Waals surface area contributed by atoms with Gasteiger partial charge in [-0.2, -0.15) is 0 Å². The van der Waals surface area contributed by atoms with Gasteiger partial charge in [0.25, 0.3) is 0 Å². The molecule has 2 aliphatic heterocycles. The number of hydrogen-bond donors (Lipinski definition) is 2. The van der Waals surface area contributed by atoms with Crippen LogP contribution in [-0.2, 0) is 0 Å². The molecule has 2 aliphatic rings. The summed E-state index contributed by atoms with van der Waals surface area (Å²) in [6.45, 7) is 9.28. The minimum absolute atomic E-state index is 0.0759. The summed E-state index contributed by atoms with van der Waals surface area (Å²) >= 11 is 0. The molecule has 2 saturated heterocycles. The van der Waals surface area contributed by atoms with Gasteiger partial charge in [-0.15, -0.1) is 0 Å². The molecule has 2 N–H and O–H groups in total. The molecular formula is C20H34N4O2. The molecule has 3 heterocycles. The Labute approximate surface area is 157 Å². The van der Waals surface area contributed by atoms with Crippen molar-refractivity contribution in [2.75, 3.05) is 45.8 Å². The van der Waals surface area contributed by atoms with Crippen LogP contribution in [0.25, 0.3) is 0 Å². The SMILES string of the molecule is CC1CCN(CCCNC(=O)NCC(c2ccco2)N2CCCC2)CC1. The molecule has 1 aromatic heterocycles. The Kier molecular flexibility index (Phi) is 7.38. The fourth-order valence-corrected chi connectivity index (χ4v) is 3.99. The van der Waals surface area contributed by atoms with Crippen molar-refractivity contribution in [1.29, 1.82) is 0 Å². The number of rotatable bonds is 8. The zero-order valence-corrected chi connectivity index (χ0v) is 16.1. The number of piperidine rings is 1. The van der Waals surface area contributed by atoms with E-state index in [-0.39, 0.29) is 12.1 Å². The van der Waals surface area contributed by atoms with Crippen molar-refractivity contribution in [2.45, 2.75) is 45.1 Å². The van der Waals surface area contributed by atoms with Gasteiger partial charge < -0.3 is 20.0 Å². The van der Waals surface area contributed by atoms with Gasteiger partial charge in [0.1, 0.15) is 5.76 Å². The van der Waals surface area contributed by atoms with Gasteiger partial charge in [0.15, 0.2) is 0 Å². The third kappa shape index (κ3) is 5.74. The first kappa shape index (κ1) is 19.2. The van der Waals surface area contributed by atoms with E-state index in [4.69, 9.17) is 4.42 Å². The van der Waals surface area contributed by atoms with Crippen LogP contribution in [0.15, 0.2) is 22.8 Å². The third-order valence-corrected chi connectivity index (χ3v) is 5.72. The highest BCUT2D eigenvalue weighted by atomic mass is 16.3. The van der Waals surface area contributed by atoms with Crippen molar-refractivity contribution < 1.29 is 9.21 Å². The molecule has 146 valence electrons. The lowest BCUT2D eigenvalue weighted by atomic mass is 9.99. The summed E-state index contributed by atoms with van der Waals surface area (Å²) in [5.74, 6) is 1.80. The van der Waals surface area contributed by atoms with E-state index in [1.54, 1.807) is 6.26 Å². The average Bonchev–Trinajstić information content (AvgIpc) is 3.35. The maximum Gasteiger partial charge on any atom is 0.314 e. The topological polar surface area (TPSA) is 60.8 Å². The summed E-state index contributed by atoms with van der Waals surface area (Å²) in [5.41, 5.74) is 0. The molecular weight excluding hydrogens is 328 g/mol. The number of amides is 2. The van der Waals surface area contributed by atoms with E-state index in [9.17, 15) is 4.79 Å². The Morgan fingerprint density at radius 1 is 1.23 bits per heavy atom. The standard InChI is InChI=1S/C20H34N4O2/c1-17-7-13-23(14-8-17)10-5-9-21-20(25)22-16-18(19-6-4-15-26-19)24-11-2-3-12-24/h4,6,15,17-18H,2-3,5,7-14,16H2,1H3,(H2,21,22,25).